The molecule has 0 atom stereocenters. The van der Waals surface area contributed by atoms with Crippen LogP contribution in [-0.2, 0) is 4.79 Å². The van der Waals surface area contributed by atoms with Crippen LogP contribution in [0.15, 0.2) is 0 Å². The van der Waals surface area contributed by atoms with Crippen LogP contribution in [0.3, 0.4) is 0 Å². The van der Waals surface area contributed by atoms with Crippen LogP contribution in [0.1, 0.15) is 118 Å². The smallest absolute Gasteiger partial charge is 0.132 e. The minimum Gasteiger partial charge on any atom is -0.393 e. The molecule has 4 aliphatic carbocycles. The summed E-state index contributed by atoms with van der Waals surface area (Å²) < 4.78 is 0. The minimum absolute atomic E-state index is 0. The van der Waals surface area contributed by atoms with Gasteiger partial charge >= 0.3 is 0 Å². The summed E-state index contributed by atoms with van der Waals surface area (Å²) in [5, 5.41) is 9.35. The topological polar surface area (TPSA) is 37.3 Å². The van der Waals surface area contributed by atoms with E-state index >= 15 is 0 Å². The average Bonchev–Trinajstić information content (AvgIpc) is 3.18. The lowest BCUT2D eigenvalue weighted by atomic mass is 9.72. The molecule has 0 aromatic carbocycles. The Labute approximate surface area is 150 Å². The maximum atomic E-state index is 11.0. The second kappa shape index (κ2) is 9.36. The fraction of sp³-hybridized carbons (Fsp3) is 0.955. The molecule has 1 N–H and O–H groups in total. The van der Waals surface area contributed by atoms with Gasteiger partial charge in [0.25, 0.3) is 0 Å². The molecule has 0 aromatic heterocycles. The zero-order valence-electron chi connectivity index (χ0n) is 14.2. The van der Waals surface area contributed by atoms with Crippen molar-refractivity contribution in [2.75, 3.05) is 0 Å². The van der Waals surface area contributed by atoms with E-state index in [1.54, 1.807) is 0 Å². The monoisotopic (exact) mass is 338 g/mol. The van der Waals surface area contributed by atoms with Crippen LogP contribution in [0.5, 0.6) is 0 Å². The fourth-order valence-electron chi connectivity index (χ4n) is 5.52. The average molecular weight is 339 g/mol. The Hall–Kier alpha value is -0.370. The molecule has 0 aromatic rings. The molecule has 0 aliphatic heterocycles. The highest BCUT2D eigenvalue weighted by Gasteiger charge is 2.37. The van der Waals surface area contributed by atoms with E-state index in [2.05, 4.69) is 0 Å². The maximum Gasteiger partial charge on any atom is 0.132 e. The molecule has 0 amide bonds. The predicted octanol–water partition coefficient (Wildman–Crippen LogP) is 6.44. The largest absolute Gasteiger partial charge is 0.393 e. The Morgan fingerprint density at radius 2 is 1.04 bits per heavy atom. The molecule has 0 saturated heterocycles. The SMILES string of the molecule is C.C.O=C1CCC2(CCCC2)CC1.OC1CCC2(CCCC2)CC1. The van der Waals surface area contributed by atoms with Crippen molar-refractivity contribution >= 4 is 5.78 Å². The van der Waals surface area contributed by atoms with Crippen molar-refractivity contribution in [3.8, 4) is 0 Å². The van der Waals surface area contributed by atoms with Crippen LogP contribution in [0, 0.1) is 10.8 Å². The molecule has 142 valence electrons. The van der Waals surface area contributed by atoms with Crippen molar-refractivity contribution in [3.05, 3.63) is 0 Å². The molecular weight excluding hydrogens is 296 g/mol. The van der Waals surface area contributed by atoms with Gasteiger partial charge in [-0.3, -0.25) is 4.79 Å². The van der Waals surface area contributed by atoms with E-state index in [0.29, 0.717) is 16.6 Å². The molecule has 4 fully saturated rings. The molecule has 4 saturated carbocycles. The number of Topliss-reactive ketones (excluding diaryl/α,β-unsaturated/α-hetero) is 1. The van der Waals surface area contributed by atoms with Crippen molar-refractivity contribution in [3.63, 3.8) is 0 Å². The van der Waals surface area contributed by atoms with Gasteiger partial charge in [-0.1, -0.05) is 40.5 Å². The number of carbonyl (C=O) groups is 1. The highest BCUT2D eigenvalue weighted by molar-refractivity contribution is 5.79. The van der Waals surface area contributed by atoms with E-state index in [0.717, 1.165) is 25.7 Å². The van der Waals surface area contributed by atoms with Crippen LogP contribution in [-0.4, -0.2) is 17.0 Å². The van der Waals surface area contributed by atoms with Crippen molar-refractivity contribution in [2.24, 2.45) is 10.8 Å². The Balaban J connectivity index is 0.000000222. The quantitative estimate of drug-likeness (QED) is 0.551. The standard InChI is InChI=1S/C10H18O.C10H16O.2CH4/c2*11-9-3-7-10(8-4-9)5-1-2-6-10;;/h9,11H,1-8H2;1-8H2;2*1H4. The van der Waals surface area contributed by atoms with Gasteiger partial charge in [0.1, 0.15) is 5.78 Å². The van der Waals surface area contributed by atoms with Gasteiger partial charge in [0.2, 0.25) is 0 Å². The Morgan fingerprint density at radius 3 is 1.46 bits per heavy atom. The zero-order valence-corrected chi connectivity index (χ0v) is 14.2. The number of carbonyl (C=O) groups excluding carboxylic acids is 1. The second-order valence-electron chi connectivity index (χ2n) is 8.68. The van der Waals surface area contributed by atoms with E-state index in [4.69, 9.17) is 0 Å². The first kappa shape index (κ1) is 21.7. The van der Waals surface area contributed by atoms with Crippen molar-refractivity contribution in [1.29, 1.82) is 0 Å². The summed E-state index contributed by atoms with van der Waals surface area (Å²) in [4.78, 5) is 11.0. The molecule has 24 heavy (non-hydrogen) atoms. The van der Waals surface area contributed by atoms with Gasteiger partial charge in [-0.05, 0) is 75.0 Å². The molecule has 0 radical (unpaired) electrons. The number of aliphatic hydroxyl groups excluding tert-OH is 1. The molecule has 0 heterocycles. The summed E-state index contributed by atoms with van der Waals surface area (Å²) in [6.07, 6.45) is 20.3. The van der Waals surface area contributed by atoms with Crippen LogP contribution in [0.2, 0.25) is 0 Å². The van der Waals surface area contributed by atoms with Crippen molar-refractivity contribution < 1.29 is 9.90 Å². The first-order valence-electron chi connectivity index (χ1n) is 9.81. The normalized spacial score (nSPS) is 28.0. The molecule has 4 aliphatic rings. The molecule has 4 rings (SSSR count). The van der Waals surface area contributed by atoms with Gasteiger partial charge < -0.3 is 5.11 Å². The number of hydrogen-bond donors (Lipinski definition) is 1. The van der Waals surface area contributed by atoms with Crippen LogP contribution < -0.4 is 0 Å². The lowest BCUT2D eigenvalue weighted by molar-refractivity contribution is -0.122. The minimum atomic E-state index is 0. The third-order valence-corrected chi connectivity index (χ3v) is 7.21. The van der Waals surface area contributed by atoms with Gasteiger partial charge in [-0.15, -0.1) is 0 Å². The molecule has 0 unspecified atom stereocenters. The summed E-state index contributed by atoms with van der Waals surface area (Å²) in [5.41, 5.74) is 1.33. The molecule has 2 spiro atoms. The zero-order chi connectivity index (χ0) is 15.5. The van der Waals surface area contributed by atoms with E-state index in [-0.39, 0.29) is 21.0 Å². The fourth-order valence-corrected chi connectivity index (χ4v) is 5.52. The maximum absolute atomic E-state index is 11.0. The third-order valence-electron chi connectivity index (χ3n) is 7.21. The van der Waals surface area contributed by atoms with Crippen molar-refractivity contribution in [1.82, 2.24) is 0 Å². The second-order valence-corrected chi connectivity index (χ2v) is 8.68. The van der Waals surface area contributed by atoms with Gasteiger partial charge in [-0.2, -0.15) is 0 Å². The summed E-state index contributed by atoms with van der Waals surface area (Å²) in [7, 11) is 0. The third kappa shape index (κ3) is 5.31. The van der Waals surface area contributed by atoms with E-state index in [9.17, 15) is 9.90 Å². The first-order chi connectivity index (χ1) is 10.6. The summed E-state index contributed by atoms with van der Waals surface area (Å²) in [6.45, 7) is 0. The first-order valence-corrected chi connectivity index (χ1v) is 9.81. The lowest BCUT2D eigenvalue weighted by Crippen LogP contribution is -2.26. The van der Waals surface area contributed by atoms with E-state index in [1.807, 2.05) is 0 Å². The summed E-state index contributed by atoms with van der Waals surface area (Å²) in [6, 6.07) is 0. The van der Waals surface area contributed by atoms with Crippen molar-refractivity contribution in [2.45, 2.75) is 124 Å². The molecule has 2 nitrogen and oxygen atoms in total. The molecular formula is C22H42O2. The number of hydrogen-bond acceptors (Lipinski definition) is 2. The summed E-state index contributed by atoms with van der Waals surface area (Å²) >= 11 is 0. The highest BCUT2D eigenvalue weighted by Crippen LogP contribution is 2.49. The number of rotatable bonds is 0. The Bertz CT molecular complexity index is 353. The van der Waals surface area contributed by atoms with Crippen LogP contribution in [0.4, 0.5) is 0 Å². The number of ketones is 1. The molecule has 0 bridgehead atoms. The van der Waals surface area contributed by atoms with E-state index < -0.39 is 0 Å². The van der Waals surface area contributed by atoms with Crippen LogP contribution >= 0.6 is 0 Å². The lowest BCUT2D eigenvalue weighted by Gasteiger charge is -2.35. The Kier molecular flexibility index (Phi) is 8.45. The van der Waals surface area contributed by atoms with Gasteiger partial charge in [0, 0.05) is 12.8 Å². The van der Waals surface area contributed by atoms with Gasteiger partial charge in [0.15, 0.2) is 0 Å². The Morgan fingerprint density at radius 1 is 0.667 bits per heavy atom. The van der Waals surface area contributed by atoms with Gasteiger partial charge in [-0.25, -0.2) is 0 Å². The molecule has 2 heteroatoms. The predicted molar refractivity (Wildman–Crippen MR) is 103 cm³/mol. The number of aliphatic hydroxyl groups is 1. The van der Waals surface area contributed by atoms with Crippen LogP contribution in [0.25, 0.3) is 0 Å². The highest BCUT2D eigenvalue weighted by atomic mass is 16.3. The van der Waals surface area contributed by atoms with Gasteiger partial charge in [0.05, 0.1) is 6.10 Å². The van der Waals surface area contributed by atoms with E-state index in [1.165, 1.54) is 77.0 Å². The summed E-state index contributed by atoms with van der Waals surface area (Å²) in [5.74, 6) is 0.502.